The fraction of sp³-hybridized carbons (Fsp3) is 0.211. The molecular formula is C19H18N2O4S. The van der Waals surface area contributed by atoms with Crippen LogP contribution in [0.15, 0.2) is 53.9 Å². The summed E-state index contributed by atoms with van der Waals surface area (Å²) in [6.07, 6.45) is 4.31. The third-order valence-corrected chi connectivity index (χ3v) is 5.09. The molecule has 0 fully saturated rings. The monoisotopic (exact) mass is 370 g/mol. The van der Waals surface area contributed by atoms with Crippen molar-refractivity contribution in [2.24, 2.45) is 11.8 Å². The molecule has 0 bridgehead atoms. The first-order chi connectivity index (χ1) is 12.6. The molecule has 26 heavy (non-hydrogen) atoms. The Morgan fingerprint density at radius 3 is 2.35 bits per heavy atom. The number of carboxylic acids is 1. The first-order valence-corrected chi connectivity index (χ1v) is 9.07. The maximum atomic E-state index is 12.6. The van der Waals surface area contributed by atoms with Gasteiger partial charge in [-0.05, 0) is 36.4 Å². The standard InChI is InChI=1S/C19H18N2O4S/c22-16(13-8-4-5-9-14(13)19(24)25)21-18-15(10-11-26-18)17(23)20-12-6-2-1-3-7-12/h1-7,10-11,13-14H,8-9H2,(H,20,23)(H,21,22)(H,24,25)/t13-,14-/m1/s1. The number of allylic oxidation sites excluding steroid dienone is 2. The average Bonchev–Trinajstić information content (AvgIpc) is 3.10. The Kier molecular flexibility index (Phi) is 5.48. The van der Waals surface area contributed by atoms with Gasteiger partial charge in [-0.25, -0.2) is 0 Å². The number of nitrogens with one attached hydrogen (secondary N) is 2. The van der Waals surface area contributed by atoms with Crippen molar-refractivity contribution in [1.82, 2.24) is 0 Å². The Hall–Kier alpha value is -2.93. The summed E-state index contributed by atoms with van der Waals surface area (Å²) < 4.78 is 0. The zero-order valence-electron chi connectivity index (χ0n) is 13.8. The first kappa shape index (κ1) is 17.9. The quantitative estimate of drug-likeness (QED) is 0.701. The molecule has 3 N–H and O–H groups in total. The number of hydrogen-bond acceptors (Lipinski definition) is 4. The van der Waals surface area contributed by atoms with Gasteiger partial charge < -0.3 is 15.7 Å². The molecule has 0 spiro atoms. The average molecular weight is 370 g/mol. The lowest BCUT2D eigenvalue weighted by atomic mass is 9.82. The molecule has 0 saturated carbocycles. The second-order valence-corrected chi connectivity index (χ2v) is 6.88. The summed E-state index contributed by atoms with van der Waals surface area (Å²) >= 11 is 1.23. The molecule has 1 aromatic carbocycles. The van der Waals surface area contributed by atoms with Crippen molar-refractivity contribution in [1.29, 1.82) is 0 Å². The van der Waals surface area contributed by atoms with Gasteiger partial charge in [-0.15, -0.1) is 11.3 Å². The maximum absolute atomic E-state index is 12.6. The van der Waals surface area contributed by atoms with Crippen LogP contribution in [0, 0.1) is 11.8 Å². The topological polar surface area (TPSA) is 95.5 Å². The Labute approximate surface area is 154 Å². The highest BCUT2D eigenvalue weighted by atomic mass is 32.1. The van der Waals surface area contributed by atoms with Gasteiger partial charge in [-0.2, -0.15) is 0 Å². The van der Waals surface area contributed by atoms with E-state index < -0.39 is 17.8 Å². The van der Waals surface area contributed by atoms with Gasteiger partial charge >= 0.3 is 5.97 Å². The van der Waals surface area contributed by atoms with Gasteiger partial charge in [-0.1, -0.05) is 30.4 Å². The number of hydrogen-bond donors (Lipinski definition) is 3. The number of aliphatic carboxylic acids is 1. The number of amides is 2. The normalized spacial score (nSPS) is 18.9. The smallest absolute Gasteiger partial charge is 0.307 e. The molecule has 7 heteroatoms. The molecule has 0 aliphatic heterocycles. The van der Waals surface area contributed by atoms with Gasteiger partial charge in [0.05, 0.1) is 17.4 Å². The number of thiophene rings is 1. The molecule has 0 unspecified atom stereocenters. The van der Waals surface area contributed by atoms with Crippen LogP contribution in [0.1, 0.15) is 23.2 Å². The Morgan fingerprint density at radius 2 is 1.65 bits per heavy atom. The highest BCUT2D eigenvalue weighted by molar-refractivity contribution is 7.14. The molecular weight excluding hydrogens is 352 g/mol. The van der Waals surface area contributed by atoms with E-state index in [-0.39, 0.29) is 11.8 Å². The summed E-state index contributed by atoms with van der Waals surface area (Å²) in [6.45, 7) is 0. The Balaban J connectivity index is 1.72. The van der Waals surface area contributed by atoms with Crippen LogP contribution in [-0.4, -0.2) is 22.9 Å². The van der Waals surface area contributed by atoms with Crippen LogP contribution in [0.4, 0.5) is 10.7 Å². The number of anilines is 2. The Bertz CT molecular complexity index is 844. The van der Waals surface area contributed by atoms with Gasteiger partial charge in [0.15, 0.2) is 0 Å². The zero-order chi connectivity index (χ0) is 18.5. The first-order valence-electron chi connectivity index (χ1n) is 8.19. The number of carbonyl (C=O) groups excluding carboxylic acids is 2. The number of benzene rings is 1. The molecule has 6 nitrogen and oxygen atoms in total. The summed E-state index contributed by atoms with van der Waals surface area (Å²) in [5.41, 5.74) is 1.01. The minimum Gasteiger partial charge on any atom is -0.481 e. The highest BCUT2D eigenvalue weighted by Crippen LogP contribution is 2.30. The van der Waals surface area contributed by atoms with Crippen molar-refractivity contribution in [3.63, 3.8) is 0 Å². The number of para-hydroxylation sites is 1. The van der Waals surface area contributed by atoms with Crippen molar-refractivity contribution in [2.75, 3.05) is 10.6 Å². The van der Waals surface area contributed by atoms with Crippen LogP contribution >= 0.6 is 11.3 Å². The molecule has 2 aromatic rings. The largest absolute Gasteiger partial charge is 0.481 e. The molecule has 1 heterocycles. The summed E-state index contributed by atoms with van der Waals surface area (Å²) in [4.78, 5) is 36.4. The lowest BCUT2D eigenvalue weighted by Gasteiger charge is -2.24. The van der Waals surface area contributed by atoms with E-state index in [4.69, 9.17) is 0 Å². The lowest BCUT2D eigenvalue weighted by molar-refractivity contribution is -0.146. The SMILES string of the molecule is O=C(Nc1ccccc1)c1ccsc1NC(=O)[C@@H]1CC=CC[C@H]1C(=O)O. The van der Waals surface area contributed by atoms with E-state index in [0.717, 1.165) is 0 Å². The molecule has 3 rings (SSSR count). The highest BCUT2D eigenvalue weighted by Gasteiger charge is 2.34. The predicted molar refractivity (Wildman–Crippen MR) is 100 cm³/mol. The van der Waals surface area contributed by atoms with E-state index in [0.29, 0.717) is 29.1 Å². The van der Waals surface area contributed by atoms with E-state index in [9.17, 15) is 19.5 Å². The van der Waals surface area contributed by atoms with Gasteiger partial charge in [0, 0.05) is 5.69 Å². The van der Waals surface area contributed by atoms with Gasteiger partial charge in [0.2, 0.25) is 5.91 Å². The van der Waals surface area contributed by atoms with Crippen molar-refractivity contribution in [3.05, 3.63) is 59.5 Å². The second-order valence-electron chi connectivity index (χ2n) is 5.97. The van der Waals surface area contributed by atoms with Crippen molar-refractivity contribution < 1.29 is 19.5 Å². The van der Waals surface area contributed by atoms with Crippen molar-refractivity contribution in [2.45, 2.75) is 12.8 Å². The summed E-state index contributed by atoms with van der Waals surface area (Å²) in [5, 5.41) is 17.0. The molecule has 0 radical (unpaired) electrons. The third kappa shape index (κ3) is 4.00. The minimum atomic E-state index is -0.984. The van der Waals surface area contributed by atoms with E-state index >= 15 is 0 Å². The fourth-order valence-electron chi connectivity index (χ4n) is 2.89. The number of carbonyl (C=O) groups is 3. The summed E-state index contributed by atoms with van der Waals surface area (Å²) in [6, 6.07) is 10.7. The maximum Gasteiger partial charge on any atom is 0.307 e. The van der Waals surface area contributed by atoms with E-state index in [1.54, 1.807) is 29.7 Å². The summed E-state index contributed by atoms with van der Waals surface area (Å²) in [5.74, 6) is -3.09. The van der Waals surface area contributed by atoms with Crippen LogP contribution in [0.5, 0.6) is 0 Å². The van der Waals surface area contributed by atoms with Crippen molar-refractivity contribution >= 4 is 39.8 Å². The lowest BCUT2D eigenvalue weighted by Crippen LogP contribution is -2.34. The van der Waals surface area contributed by atoms with Crippen LogP contribution < -0.4 is 10.6 Å². The van der Waals surface area contributed by atoms with Crippen LogP contribution in [-0.2, 0) is 9.59 Å². The minimum absolute atomic E-state index is 0.328. The predicted octanol–water partition coefficient (Wildman–Crippen LogP) is 3.61. The molecule has 0 saturated heterocycles. The van der Waals surface area contributed by atoms with Gasteiger partial charge in [0.1, 0.15) is 5.00 Å². The van der Waals surface area contributed by atoms with E-state index in [1.165, 1.54) is 11.3 Å². The van der Waals surface area contributed by atoms with Gasteiger partial charge in [0.25, 0.3) is 5.91 Å². The molecule has 134 valence electrons. The number of rotatable bonds is 5. The van der Waals surface area contributed by atoms with E-state index in [2.05, 4.69) is 10.6 Å². The summed E-state index contributed by atoms with van der Waals surface area (Å²) in [7, 11) is 0. The molecule has 1 aromatic heterocycles. The van der Waals surface area contributed by atoms with Crippen LogP contribution in [0.25, 0.3) is 0 Å². The molecule has 1 aliphatic carbocycles. The third-order valence-electron chi connectivity index (χ3n) is 4.26. The second kappa shape index (κ2) is 7.97. The Morgan fingerprint density at radius 1 is 0.962 bits per heavy atom. The number of carboxylic acid groups (broad SMARTS) is 1. The fourth-order valence-corrected chi connectivity index (χ4v) is 3.67. The van der Waals surface area contributed by atoms with E-state index in [1.807, 2.05) is 24.3 Å². The van der Waals surface area contributed by atoms with Gasteiger partial charge in [-0.3, -0.25) is 14.4 Å². The molecule has 2 atom stereocenters. The zero-order valence-corrected chi connectivity index (χ0v) is 14.7. The molecule has 2 amide bonds. The van der Waals surface area contributed by atoms with Crippen molar-refractivity contribution in [3.8, 4) is 0 Å². The van der Waals surface area contributed by atoms with Crippen LogP contribution in [0.3, 0.4) is 0 Å². The van der Waals surface area contributed by atoms with Crippen LogP contribution in [0.2, 0.25) is 0 Å². The molecule has 1 aliphatic rings.